The number of rotatable bonds is 9. The number of fused-ring (bicyclic) bond motifs is 2. The van der Waals surface area contributed by atoms with Gasteiger partial charge in [0.2, 0.25) is 11.8 Å². The molecule has 0 saturated heterocycles. The molecule has 38 heavy (non-hydrogen) atoms. The molecule has 1 atom stereocenters. The van der Waals surface area contributed by atoms with Crippen molar-refractivity contribution in [1.82, 2.24) is 24.1 Å². The zero-order chi connectivity index (χ0) is 26.9. The Labute approximate surface area is 220 Å². The van der Waals surface area contributed by atoms with Crippen LogP contribution in [0.1, 0.15) is 18.0 Å². The average Bonchev–Trinajstić information content (AvgIpc) is 3.16. The molecule has 4 heterocycles. The van der Waals surface area contributed by atoms with E-state index >= 15 is 0 Å². The number of nitrogens with one attached hydrogen (secondary N) is 1. The van der Waals surface area contributed by atoms with Gasteiger partial charge in [0.25, 0.3) is 0 Å². The van der Waals surface area contributed by atoms with Gasteiger partial charge in [-0.05, 0) is 24.2 Å². The molecule has 0 saturated carbocycles. The molecule has 0 fully saturated rings. The molecule has 1 N–H and O–H groups in total. The highest BCUT2D eigenvalue weighted by atomic mass is 28.3. The van der Waals surface area contributed by atoms with E-state index in [4.69, 9.17) is 19.2 Å². The minimum atomic E-state index is -1.30. The molecule has 0 aliphatic carbocycles. The maximum Gasteiger partial charge on any atom is 0.332 e. The van der Waals surface area contributed by atoms with Gasteiger partial charge in [-0.2, -0.15) is 4.98 Å². The summed E-state index contributed by atoms with van der Waals surface area (Å²) >= 11 is 0. The molecule has 0 spiro atoms. The number of nitrogens with zero attached hydrogens (tertiary/aromatic N) is 5. The molecule has 0 bridgehead atoms. The molecular formula is C26H31FN6O4Si. The van der Waals surface area contributed by atoms with Crippen molar-refractivity contribution in [1.29, 1.82) is 0 Å². The van der Waals surface area contributed by atoms with Crippen LogP contribution in [-0.4, -0.2) is 52.5 Å². The maximum absolute atomic E-state index is 14.6. The topological polar surface area (TPSA) is 105 Å². The normalized spacial score (nSPS) is 15.2. The second kappa shape index (κ2) is 10.5. The zero-order valence-corrected chi connectivity index (χ0v) is 22.9. The fraction of sp³-hybridized carbons (Fsp3) is 0.385. The van der Waals surface area contributed by atoms with Gasteiger partial charge in [-0.3, -0.25) is 9.13 Å². The van der Waals surface area contributed by atoms with Crippen molar-refractivity contribution in [2.45, 2.75) is 44.9 Å². The minimum Gasteiger partial charge on any atom is -0.490 e. The molecule has 10 nitrogen and oxygen atoms in total. The number of pyridine rings is 1. The lowest BCUT2D eigenvalue weighted by Crippen LogP contribution is -2.32. The summed E-state index contributed by atoms with van der Waals surface area (Å²) in [6, 6.07) is 8.82. The van der Waals surface area contributed by atoms with Gasteiger partial charge in [-0.1, -0.05) is 31.8 Å². The minimum absolute atomic E-state index is 0.0681. The predicted molar refractivity (Wildman–Crippen MR) is 145 cm³/mol. The second-order valence-electron chi connectivity index (χ2n) is 10.3. The second-order valence-corrected chi connectivity index (χ2v) is 15.9. The Morgan fingerprint density at radius 1 is 1.21 bits per heavy atom. The van der Waals surface area contributed by atoms with Crippen LogP contribution in [0.2, 0.25) is 25.7 Å². The first-order valence-corrected chi connectivity index (χ1v) is 16.2. The molecule has 5 rings (SSSR count). The Bertz CT molecular complexity index is 1520. The van der Waals surface area contributed by atoms with Crippen LogP contribution >= 0.6 is 0 Å². The summed E-state index contributed by atoms with van der Waals surface area (Å²) in [5, 5.41) is 3.13. The fourth-order valence-corrected chi connectivity index (χ4v) is 5.22. The van der Waals surface area contributed by atoms with Gasteiger partial charge in [-0.15, -0.1) is 0 Å². The van der Waals surface area contributed by atoms with E-state index in [1.54, 1.807) is 41.2 Å². The van der Waals surface area contributed by atoms with Crippen LogP contribution in [0.4, 0.5) is 16.0 Å². The number of anilines is 2. The van der Waals surface area contributed by atoms with Gasteiger partial charge in [-0.25, -0.2) is 19.2 Å². The summed E-state index contributed by atoms with van der Waals surface area (Å²) in [5.74, 6) is 0.353. The van der Waals surface area contributed by atoms with Crippen LogP contribution in [0.3, 0.4) is 0 Å². The van der Waals surface area contributed by atoms with Crippen molar-refractivity contribution in [2.24, 2.45) is 0 Å². The summed E-state index contributed by atoms with van der Waals surface area (Å²) in [4.78, 5) is 27.2. The Morgan fingerprint density at radius 3 is 2.84 bits per heavy atom. The number of methoxy groups -OCH3 is 1. The molecule has 1 aliphatic rings. The summed E-state index contributed by atoms with van der Waals surface area (Å²) in [6.45, 7) is 7.72. The Hall–Kier alpha value is -3.77. The number of halogens is 1. The van der Waals surface area contributed by atoms with Crippen LogP contribution in [0.5, 0.6) is 11.6 Å². The number of para-hydroxylation sites is 1. The standard InChI is InChI=1S/C26H31FN6O4Si/c1-35-24-19(9-6-11-28-24)30-25-29-15-21-23(31-25)33(26(34)32(21)16-36-13-14-38(2,3)4)20-10-12-37-22-17(20)7-5-8-18(22)27/h5-9,11,15,20H,10,12-14,16H2,1-4H3,(H,29,30,31). The number of imidazole rings is 1. The van der Waals surface area contributed by atoms with Crippen molar-refractivity contribution < 1.29 is 18.6 Å². The Morgan fingerprint density at radius 2 is 2.05 bits per heavy atom. The van der Waals surface area contributed by atoms with Crippen molar-refractivity contribution >= 4 is 30.9 Å². The van der Waals surface area contributed by atoms with Crippen molar-refractivity contribution in [2.75, 3.05) is 25.6 Å². The molecule has 1 unspecified atom stereocenters. The third-order valence-electron chi connectivity index (χ3n) is 6.44. The van der Waals surface area contributed by atoms with E-state index in [1.807, 2.05) is 0 Å². The van der Waals surface area contributed by atoms with Gasteiger partial charge in [0.05, 0.1) is 26.0 Å². The molecule has 4 aromatic rings. The third kappa shape index (κ3) is 5.14. The first-order chi connectivity index (χ1) is 18.3. The predicted octanol–water partition coefficient (Wildman–Crippen LogP) is 4.56. The van der Waals surface area contributed by atoms with Crippen molar-refractivity contribution in [3.05, 3.63) is 64.6 Å². The number of aromatic nitrogens is 5. The maximum atomic E-state index is 14.6. The molecule has 3 aromatic heterocycles. The van der Waals surface area contributed by atoms with Gasteiger partial charge >= 0.3 is 5.69 Å². The van der Waals surface area contributed by atoms with Crippen LogP contribution in [0.25, 0.3) is 11.2 Å². The average molecular weight is 539 g/mol. The first-order valence-electron chi connectivity index (χ1n) is 12.5. The quantitative estimate of drug-likeness (QED) is 0.244. The van der Waals surface area contributed by atoms with E-state index in [9.17, 15) is 9.18 Å². The van der Waals surface area contributed by atoms with E-state index in [0.717, 1.165) is 6.04 Å². The summed E-state index contributed by atoms with van der Waals surface area (Å²) < 4.78 is 34.6. The lowest BCUT2D eigenvalue weighted by Gasteiger charge is -2.26. The smallest absolute Gasteiger partial charge is 0.332 e. The monoisotopic (exact) mass is 538 g/mol. The summed E-state index contributed by atoms with van der Waals surface area (Å²) in [5.41, 5.74) is 1.80. The van der Waals surface area contributed by atoms with Gasteiger partial charge < -0.3 is 19.5 Å². The number of hydrogen-bond acceptors (Lipinski definition) is 8. The lowest BCUT2D eigenvalue weighted by atomic mass is 10.00. The summed E-state index contributed by atoms with van der Waals surface area (Å²) in [6.07, 6.45) is 3.70. The molecule has 0 radical (unpaired) electrons. The number of benzene rings is 1. The number of ether oxygens (including phenoxy) is 3. The van der Waals surface area contributed by atoms with E-state index < -0.39 is 19.9 Å². The molecule has 1 aromatic carbocycles. The molecule has 1 aliphatic heterocycles. The van der Waals surface area contributed by atoms with Gasteiger partial charge in [0, 0.05) is 32.9 Å². The van der Waals surface area contributed by atoms with E-state index in [2.05, 4.69) is 34.9 Å². The third-order valence-corrected chi connectivity index (χ3v) is 8.14. The van der Waals surface area contributed by atoms with E-state index in [0.29, 0.717) is 41.3 Å². The van der Waals surface area contributed by atoms with Crippen LogP contribution < -0.4 is 20.5 Å². The van der Waals surface area contributed by atoms with Gasteiger partial charge in [0.1, 0.15) is 17.9 Å². The van der Waals surface area contributed by atoms with Crippen LogP contribution in [-0.2, 0) is 11.5 Å². The Balaban J connectivity index is 1.59. The van der Waals surface area contributed by atoms with Gasteiger partial charge in [0.15, 0.2) is 17.2 Å². The fourth-order valence-electron chi connectivity index (χ4n) is 4.46. The highest BCUT2D eigenvalue weighted by Crippen LogP contribution is 2.37. The molecule has 200 valence electrons. The SMILES string of the molecule is COc1ncccc1Nc1ncc2c(n1)n(C1CCOc3c(F)cccc31)c(=O)n2COCC[Si](C)(C)C. The lowest BCUT2D eigenvalue weighted by molar-refractivity contribution is 0.0868. The van der Waals surface area contributed by atoms with E-state index in [-0.39, 0.29) is 30.7 Å². The Kier molecular flexibility index (Phi) is 7.17. The highest BCUT2D eigenvalue weighted by Gasteiger charge is 2.30. The van der Waals surface area contributed by atoms with Crippen LogP contribution in [0.15, 0.2) is 47.5 Å². The van der Waals surface area contributed by atoms with Crippen molar-refractivity contribution in [3.8, 4) is 11.6 Å². The van der Waals surface area contributed by atoms with E-state index in [1.165, 1.54) is 17.7 Å². The summed E-state index contributed by atoms with van der Waals surface area (Å²) in [7, 11) is 0.230. The largest absolute Gasteiger partial charge is 0.490 e. The zero-order valence-electron chi connectivity index (χ0n) is 21.9. The van der Waals surface area contributed by atoms with Crippen molar-refractivity contribution in [3.63, 3.8) is 0 Å². The van der Waals surface area contributed by atoms with Crippen LogP contribution in [0, 0.1) is 5.82 Å². The highest BCUT2D eigenvalue weighted by molar-refractivity contribution is 6.76. The first kappa shape index (κ1) is 25.9. The molecular weight excluding hydrogens is 507 g/mol. The molecule has 0 amide bonds. The number of hydrogen-bond donors (Lipinski definition) is 1. The molecule has 12 heteroatoms.